The second kappa shape index (κ2) is 10.0. The quantitative estimate of drug-likeness (QED) is 0.379. The molecule has 0 aliphatic carbocycles. The second-order valence-electron chi connectivity index (χ2n) is 9.60. The van der Waals surface area contributed by atoms with Crippen LogP contribution in [-0.4, -0.2) is 45.1 Å². The van der Waals surface area contributed by atoms with E-state index in [1.165, 1.54) is 10.6 Å². The summed E-state index contributed by atoms with van der Waals surface area (Å²) in [6.45, 7) is 13.0. The maximum absolute atomic E-state index is 14.3. The summed E-state index contributed by atoms with van der Waals surface area (Å²) in [6, 6.07) is 15.6. The molecule has 190 valence electrons. The molecule has 5 rings (SSSR count). The Kier molecular flexibility index (Phi) is 6.62. The summed E-state index contributed by atoms with van der Waals surface area (Å²) in [6.07, 6.45) is 1.81. The van der Waals surface area contributed by atoms with Gasteiger partial charge in [0, 0.05) is 38.9 Å². The predicted octanol–water partition coefficient (Wildman–Crippen LogP) is 4.50. The van der Waals surface area contributed by atoms with E-state index in [9.17, 15) is 14.4 Å². The van der Waals surface area contributed by atoms with Gasteiger partial charge in [0.2, 0.25) is 5.52 Å². The minimum Gasteiger partial charge on any atom is -0.364 e. The molecule has 1 saturated heterocycles. The Labute approximate surface area is 220 Å². The van der Waals surface area contributed by atoms with Gasteiger partial charge in [0.25, 0.3) is 11.4 Å². The number of anilines is 1. The van der Waals surface area contributed by atoms with Crippen LogP contribution in [-0.2, 0) is 7.05 Å². The average molecular weight is 508 g/mol. The molecular weight excluding hydrogens is 481 g/mol. The molecule has 0 amide bonds. The van der Waals surface area contributed by atoms with Crippen molar-refractivity contribution in [3.8, 4) is 6.07 Å². The van der Waals surface area contributed by atoms with Crippen molar-refractivity contribution in [1.82, 2.24) is 19.4 Å². The van der Waals surface area contributed by atoms with Gasteiger partial charge in [-0.2, -0.15) is 5.26 Å². The van der Waals surface area contributed by atoms with Crippen LogP contribution in [0.15, 0.2) is 59.5 Å². The van der Waals surface area contributed by atoms with Crippen LogP contribution in [0.1, 0.15) is 35.3 Å². The van der Waals surface area contributed by atoms with Gasteiger partial charge < -0.3 is 14.3 Å². The first kappa shape index (κ1) is 25.1. The average Bonchev–Trinajstić information content (AvgIpc) is 2.92. The Morgan fingerprint density at radius 2 is 2.03 bits per heavy atom. The largest absolute Gasteiger partial charge is 0.364 e. The van der Waals surface area contributed by atoms with Crippen molar-refractivity contribution in [3.05, 3.63) is 105 Å². The van der Waals surface area contributed by atoms with Crippen molar-refractivity contribution in [2.75, 3.05) is 24.5 Å². The summed E-state index contributed by atoms with van der Waals surface area (Å²) in [7, 11) is 1.60. The number of aryl methyl sites for hydroxylation is 2. The van der Waals surface area contributed by atoms with E-state index in [2.05, 4.69) is 32.7 Å². The topological polar surface area (TPSA) is 82.4 Å². The van der Waals surface area contributed by atoms with E-state index >= 15 is 0 Å². The Morgan fingerprint density at radius 1 is 1.21 bits per heavy atom. The van der Waals surface area contributed by atoms with Gasteiger partial charge in [-0.3, -0.25) is 14.7 Å². The number of nitriles is 1. The molecule has 1 aliphatic rings. The first-order chi connectivity index (χ1) is 18.3. The summed E-state index contributed by atoms with van der Waals surface area (Å²) in [4.78, 5) is 30.0. The van der Waals surface area contributed by atoms with Crippen LogP contribution in [0, 0.1) is 30.6 Å². The number of aromatic nitrogens is 3. The van der Waals surface area contributed by atoms with Gasteiger partial charge >= 0.3 is 0 Å². The fourth-order valence-electron chi connectivity index (χ4n) is 5.26. The lowest BCUT2D eigenvalue weighted by Crippen LogP contribution is -2.54. The molecule has 0 saturated carbocycles. The molecule has 1 aliphatic heterocycles. The minimum atomic E-state index is -0.399. The summed E-state index contributed by atoms with van der Waals surface area (Å²) in [5.41, 5.74) is 3.76. The molecule has 1 aromatic carbocycles. The molecule has 0 spiro atoms. The minimum absolute atomic E-state index is 0.0113. The molecule has 38 heavy (non-hydrogen) atoms. The third-order valence-electron chi connectivity index (χ3n) is 7.13. The van der Waals surface area contributed by atoms with Crippen molar-refractivity contribution in [3.63, 3.8) is 0 Å². The highest BCUT2D eigenvalue weighted by molar-refractivity contribution is 5.92. The van der Waals surface area contributed by atoms with Gasteiger partial charge in [-0.15, -0.1) is 4.98 Å². The first-order valence-electron chi connectivity index (χ1n) is 12.3. The number of fused-ring (bicyclic) bond motifs is 1. The number of hydrogen-bond donors (Lipinski definition) is 0. The van der Waals surface area contributed by atoms with Gasteiger partial charge in [-0.05, 0) is 55.3 Å². The predicted molar refractivity (Wildman–Crippen MR) is 144 cm³/mol. The van der Waals surface area contributed by atoms with E-state index in [0.717, 1.165) is 16.8 Å². The summed E-state index contributed by atoms with van der Waals surface area (Å²) >= 11 is 0. The smallest absolute Gasteiger partial charge is 0.271 e. The van der Waals surface area contributed by atoms with Gasteiger partial charge in [-0.1, -0.05) is 24.8 Å². The van der Waals surface area contributed by atoms with Crippen molar-refractivity contribution < 1.29 is 4.39 Å². The standard InChI is InChI=1S/C29H26FN7O/c1-18-8-9-23(33-16-18)27(20-6-5-7-21(30)14-20)37-13-12-36(17-19(37)2)28-22(15-31)29(38)35(4)24-10-11-25(32-3)34-26(24)28/h5-11,14,16,19,27H,12-13,17H2,1-2,4H3/t19-,27?/m1/s1. The van der Waals surface area contributed by atoms with Gasteiger partial charge in [0.05, 0.1) is 17.3 Å². The van der Waals surface area contributed by atoms with Crippen LogP contribution in [0.3, 0.4) is 0 Å². The zero-order valence-electron chi connectivity index (χ0n) is 21.4. The van der Waals surface area contributed by atoms with E-state index in [1.807, 2.05) is 36.2 Å². The number of pyridine rings is 3. The third-order valence-corrected chi connectivity index (χ3v) is 7.13. The van der Waals surface area contributed by atoms with Crippen molar-refractivity contribution in [1.29, 1.82) is 5.26 Å². The zero-order chi connectivity index (χ0) is 27.0. The summed E-state index contributed by atoms with van der Waals surface area (Å²) < 4.78 is 15.7. The number of piperazine rings is 1. The normalized spacial score (nSPS) is 16.7. The molecule has 0 radical (unpaired) electrons. The molecule has 4 heterocycles. The van der Waals surface area contributed by atoms with E-state index < -0.39 is 5.56 Å². The highest BCUT2D eigenvalue weighted by Crippen LogP contribution is 2.35. The van der Waals surface area contributed by atoms with Gasteiger partial charge in [0.15, 0.2) is 0 Å². The second-order valence-corrected chi connectivity index (χ2v) is 9.60. The molecule has 1 unspecified atom stereocenters. The molecular formula is C29H26FN7O. The van der Waals surface area contributed by atoms with E-state index in [-0.39, 0.29) is 29.3 Å². The Balaban J connectivity index is 1.57. The number of hydrogen-bond acceptors (Lipinski definition) is 6. The van der Waals surface area contributed by atoms with Crippen LogP contribution in [0.25, 0.3) is 15.9 Å². The molecule has 0 bridgehead atoms. The Bertz CT molecular complexity index is 1670. The van der Waals surface area contributed by atoms with Crippen LogP contribution < -0.4 is 10.5 Å². The maximum Gasteiger partial charge on any atom is 0.271 e. The number of benzene rings is 1. The maximum atomic E-state index is 14.3. The van der Waals surface area contributed by atoms with Crippen molar-refractivity contribution in [2.45, 2.75) is 25.9 Å². The summed E-state index contributed by atoms with van der Waals surface area (Å²) in [5.74, 6) is -0.109. The molecule has 2 atom stereocenters. The zero-order valence-corrected chi connectivity index (χ0v) is 21.4. The third kappa shape index (κ3) is 4.38. The molecule has 8 nitrogen and oxygen atoms in total. The molecule has 1 fully saturated rings. The fraction of sp³-hybridized carbons (Fsp3) is 0.276. The highest BCUT2D eigenvalue weighted by Gasteiger charge is 2.35. The lowest BCUT2D eigenvalue weighted by Gasteiger charge is -2.44. The number of halogens is 1. The van der Waals surface area contributed by atoms with Crippen molar-refractivity contribution >= 4 is 22.5 Å². The van der Waals surface area contributed by atoms with Crippen LogP contribution in [0.5, 0.6) is 0 Å². The van der Waals surface area contributed by atoms with E-state index in [1.54, 1.807) is 31.3 Å². The van der Waals surface area contributed by atoms with E-state index in [0.29, 0.717) is 36.4 Å². The molecule has 9 heteroatoms. The molecule has 3 aromatic heterocycles. The monoisotopic (exact) mass is 507 g/mol. The van der Waals surface area contributed by atoms with Crippen LogP contribution in [0.4, 0.5) is 15.9 Å². The number of rotatable bonds is 4. The Morgan fingerprint density at radius 3 is 2.68 bits per heavy atom. The fourth-order valence-corrected chi connectivity index (χ4v) is 5.26. The lowest BCUT2D eigenvalue weighted by molar-refractivity contribution is 0.147. The SMILES string of the molecule is [C-]#[N+]c1ccc2c(n1)c(N1CCN(C(c3cccc(F)c3)c3ccc(C)cn3)[C@H](C)C1)c(C#N)c(=O)n2C. The highest BCUT2D eigenvalue weighted by atomic mass is 19.1. The number of nitrogens with zero attached hydrogens (tertiary/aromatic N) is 7. The van der Waals surface area contributed by atoms with Crippen molar-refractivity contribution in [2.24, 2.45) is 7.05 Å². The first-order valence-corrected chi connectivity index (χ1v) is 12.3. The summed E-state index contributed by atoms with van der Waals surface area (Å²) in [5, 5.41) is 9.96. The lowest BCUT2D eigenvalue weighted by atomic mass is 9.97. The van der Waals surface area contributed by atoms with Crippen LogP contribution in [0.2, 0.25) is 0 Å². The van der Waals surface area contributed by atoms with Crippen LogP contribution >= 0.6 is 0 Å². The molecule has 4 aromatic rings. The molecule has 0 N–H and O–H groups in total. The van der Waals surface area contributed by atoms with Gasteiger partial charge in [0.1, 0.15) is 23.1 Å². The Hall–Kier alpha value is -4.60. The van der Waals surface area contributed by atoms with Gasteiger partial charge in [-0.25, -0.2) is 4.39 Å². The van der Waals surface area contributed by atoms with E-state index in [4.69, 9.17) is 6.57 Å².